The van der Waals surface area contributed by atoms with E-state index in [4.69, 9.17) is 16.0 Å². The molecule has 7 heteroatoms. The summed E-state index contributed by atoms with van der Waals surface area (Å²) >= 11 is 13.2. The molecule has 0 saturated heterocycles. The Morgan fingerprint density at radius 2 is 1.76 bits per heavy atom. The molecule has 0 spiro atoms. The normalized spacial score (nSPS) is 11.5. The van der Waals surface area contributed by atoms with Gasteiger partial charge in [0.15, 0.2) is 5.58 Å². The Kier molecular flexibility index (Phi) is 6.55. The van der Waals surface area contributed by atoms with Gasteiger partial charge in [-0.25, -0.2) is 4.98 Å². The van der Waals surface area contributed by atoms with E-state index in [0.717, 1.165) is 16.5 Å². The molecule has 0 aliphatic rings. The van der Waals surface area contributed by atoms with Gasteiger partial charge in [0.1, 0.15) is 11.3 Å². The number of aliphatic imine (C=N–C) groups is 1. The molecule has 4 aromatic carbocycles. The molecular weight excluding hydrogens is 580 g/mol. The van der Waals surface area contributed by atoms with E-state index in [2.05, 4.69) is 54.0 Å². The third-order valence-corrected chi connectivity index (χ3v) is 6.71. The minimum Gasteiger partial charge on any atom is -0.506 e. The maximum Gasteiger partial charge on any atom is 0.228 e. The highest BCUT2D eigenvalue weighted by Crippen LogP contribution is 2.34. The Morgan fingerprint density at radius 3 is 2.59 bits per heavy atom. The Balaban J connectivity index is 1.44. The number of oxazole rings is 1. The summed E-state index contributed by atoms with van der Waals surface area (Å²) in [5.74, 6) is 0.590. The zero-order chi connectivity index (χ0) is 23.7. The van der Waals surface area contributed by atoms with Gasteiger partial charge < -0.3 is 9.52 Å². The van der Waals surface area contributed by atoms with E-state index in [1.165, 1.54) is 5.56 Å². The van der Waals surface area contributed by atoms with Crippen LogP contribution in [-0.2, 0) is 6.42 Å². The number of aromatic nitrogens is 1. The fourth-order valence-corrected chi connectivity index (χ4v) is 4.71. The van der Waals surface area contributed by atoms with Gasteiger partial charge in [0.25, 0.3) is 0 Å². The van der Waals surface area contributed by atoms with Crippen LogP contribution in [0, 0.1) is 0 Å². The van der Waals surface area contributed by atoms with Crippen LogP contribution < -0.4 is 0 Å². The van der Waals surface area contributed by atoms with Crippen molar-refractivity contribution < 1.29 is 9.52 Å². The first kappa shape index (κ1) is 22.8. The fraction of sp³-hybridized carbons (Fsp3) is 0.0370. The molecule has 0 fully saturated rings. The number of benzene rings is 4. The van der Waals surface area contributed by atoms with Gasteiger partial charge in [0.05, 0.1) is 20.7 Å². The second-order valence-electron chi connectivity index (χ2n) is 7.73. The van der Waals surface area contributed by atoms with Crippen LogP contribution in [0.2, 0.25) is 5.02 Å². The number of aromatic hydroxyl groups is 1. The van der Waals surface area contributed by atoms with Gasteiger partial charge >= 0.3 is 0 Å². The lowest BCUT2D eigenvalue weighted by atomic mass is 10.0. The molecule has 0 unspecified atom stereocenters. The van der Waals surface area contributed by atoms with Gasteiger partial charge in [-0.15, -0.1) is 0 Å². The Bertz CT molecular complexity index is 1530. The molecule has 5 rings (SSSR count). The lowest BCUT2D eigenvalue weighted by molar-refractivity contribution is 0.471. The molecule has 0 aliphatic carbocycles. The van der Waals surface area contributed by atoms with Crippen molar-refractivity contribution in [2.75, 3.05) is 0 Å². The number of phenolic OH excluding ortho intramolecular Hbond substituents is 1. The third kappa shape index (κ3) is 4.94. The number of rotatable bonds is 5. The summed E-state index contributed by atoms with van der Waals surface area (Å²) in [6.07, 6.45) is 2.41. The van der Waals surface area contributed by atoms with E-state index in [1.807, 2.05) is 60.7 Å². The summed E-state index contributed by atoms with van der Waals surface area (Å²) in [6.45, 7) is 0. The molecule has 5 aromatic rings. The van der Waals surface area contributed by atoms with Crippen molar-refractivity contribution in [1.29, 1.82) is 0 Å². The van der Waals surface area contributed by atoms with E-state index in [-0.39, 0.29) is 5.75 Å². The maximum atomic E-state index is 10.5. The number of hydrogen-bond donors (Lipinski definition) is 1. The van der Waals surface area contributed by atoms with Crippen LogP contribution in [0.25, 0.3) is 22.6 Å². The standard InChI is InChI=1S/C27H17Br2ClN2O2/c28-19-6-8-23(30)21(13-19)27-32-24-14-20(7-9-25(24)34-27)31-15-18-11-17(12-22(29)26(18)33)10-16-4-2-1-3-5-16/h1-9,11-15,33H,10H2. The van der Waals surface area contributed by atoms with Crippen LogP contribution in [-0.4, -0.2) is 16.3 Å². The minimum absolute atomic E-state index is 0.148. The van der Waals surface area contributed by atoms with Crippen molar-refractivity contribution in [3.63, 3.8) is 0 Å². The first-order chi connectivity index (χ1) is 16.5. The molecule has 1 heterocycles. The molecule has 0 radical (unpaired) electrons. The van der Waals surface area contributed by atoms with Gasteiger partial charge in [-0.05, 0) is 82.0 Å². The lowest BCUT2D eigenvalue weighted by Gasteiger charge is -2.07. The molecule has 1 N–H and O–H groups in total. The lowest BCUT2D eigenvalue weighted by Crippen LogP contribution is -1.92. The Hall–Kier alpha value is -2.93. The largest absolute Gasteiger partial charge is 0.506 e. The molecule has 34 heavy (non-hydrogen) atoms. The SMILES string of the molecule is Oc1c(Br)cc(Cc2ccccc2)cc1C=Nc1ccc2oc(-c3cc(Br)ccc3Cl)nc2c1. The maximum absolute atomic E-state index is 10.5. The fourth-order valence-electron chi connectivity index (χ4n) is 3.63. The highest BCUT2D eigenvalue weighted by atomic mass is 79.9. The summed E-state index contributed by atoms with van der Waals surface area (Å²) in [6, 6.07) is 25.1. The molecule has 168 valence electrons. The van der Waals surface area contributed by atoms with Crippen LogP contribution in [0.4, 0.5) is 5.69 Å². The number of hydrogen-bond acceptors (Lipinski definition) is 4. The van der Waals surface area contributed by atoms with Gasteiger partial charge in [-0.2, -0.15) is 0 Å². The van der Waals surface area contributed by atoms with E-state index in [9.17, 15) is 5.11 Å². The van der Waals surface area contributed by atoms with Gasteiger partial charge in [-0.1, -0.05) is 57.9 Å². The highest BCUT2D eigenvalue weighted by molar-refractivity contribution is 9.10. The number of nitrogens with zero attached hydrogens (tertiary/aromatic N) is 2. The molecule has 1 aromatic heterocycles. The minimum atomic E-state index is 0.148. The average Bonchev–Trinajstić information content (AvgIpc) is 3.26. The predicted octanol–water partition coefficient (Wildman–Crippen LogP) is 8.72. The van der Waals surface area contributed by atoms with Gasteiger partial charge in [0, 0.05) is 16.3 Å². The van der Waals surface area contributed by atoms with E-state index >= 15 is 0 Å². The van der Waals surface area contributed by atoms with Crippen LogP contribution in [0.15, 0.2) is 97.2 Å². The summed E-state index contributed by atoms with van der Waals surface area (Å²) in [5.41, 5.74) is 5.60. The van der Waals surface area contributed by atoms with Crippen LogP contribution >= 0.6 is 43.5 Å². The molecule has 0 bridgehead atoms. The zero-order valence-corrected chi connectivity index (χ0v) is 21.6. The molecule has 0 aliphatic heterocycles. The number of fused-ring (bicyclic) bond motifs is 1. The van der Waals surface area contributed by atoms with Crippen LogP contribution in [0.5, 0.6) is 5.75 Å². The van der Waals surface area contributed by atoms with Crippen LogP contribution in [0.1, 0.15) is 16.7 Å². The topological polar surface area (TPSA) is 58.6 Å². The average molecular weight is 597 g/mol. The zero-order valence-electron chi connectivity index (χ0n) is 17.7. The van der Waals surface area contributed by atoms with Gasteiger partial charge in [-0.3, -0.25) is 4.99 Å². The highest BCUT2D eigenvalue weighted by Gasteiger charge is 2.13. The molecule has 0 amide bonds. The monoisotopic (exact) mass is 594 g/mol. The predicted molar refractivity (Wildman–Crippen MR) is 144 cm³/mol. The quantitative estimate of drug-likeness (QED) is 0.207. The van der Waals surface area contributed by atoms with Crippen molar-refractivity contribution in [2.45, 2.75) is 6.42 Å². The first-order valence-corrected chi connectivity index (χ1v) is 12.4. The second-order valence-corrected chi connectivity index (χ2v) is 9.91. The van der Waals surface area contributed by atoms with E-state index in [0.29, 0.717) is 43.3 Å². The van der Waals surface area contributed by atoms with Crippen molar-refractivity contribution >= 4 is 66.5 Å². The molecule has 4 nitrogen and oxygen atoms in total. The van der Waals surface area contributed by atoms with E-state index < -0.39 is 0 Å². The van der Waals surface area contributed by atoms with E-state index in [1.54, 1.807) is 12.3 Å². The summed E-state index contributed by atoms with van der Waals surface area (Å²) < 4.78 is 7.42. The molecule has 0 saturated carbocycles. The van der Waals surface area contributed by atoms with Gasteiger partial charge in [0.2, 0.25) is 5.89 Å². The molecule has 0 atom stereocenters. The van der Waals surface area contributed by atoms with Crippen molar-refractivity contribution in [3.05, 3.63) is 110 Å². The Morgan fingerprint density at radius 1 is 0.941 bits per heavy atom. The smallest absolute Gasteiger partial charge is 0.228 e. The Labute approximate surface area is 218 Å². The third-order valence-electron chi connectivity index (χ3n) is 5.29. The summed E-state index contributed by atoms with van der Waals surface area (Å²) in [5, 5.41) is 11.1. The number of halogens is 3. The first-order valence-electron chi connectivity index (χ1n) is 10.4. The second kappa shape index (κ2) is 9.74. The van der Waals surface area contributed by atoms with Crippen molar-refractivity contribution in [2.24, 2.45) is 4.99 Å². The summed E-state index contributed by atoms with van der Waals surface area (Å²) in [4.78, 5) is 9.16. The molecular formula is C27H17Br2ClN2O2. The van der Waals surface area contributed by atoms with Crippen molar-refractivity contribution in [3.8, 4) is 17.2 Å². The number of phenols is 1. The summed E-state index contributed by atoms with van der Waals surface area (Å²) in [7, 11) is 0. The van der Waals surface area contributed by atoms with Crippen molar-refractivity contribution in [1.82, 2.24) is 4.98 Å². The van der Waals surface area contributed by atoms with Crippen LogP contribution in [0.3, 0.4) is 0 Å².